The minimum atomic E-state index is -0.0834. The number of rotatable bonds is 4. The van der Waals surface area contributed by atoms with Crippen LogP contribution in [0.5, 0.6) is 5.75 Å². The van der Waals surface area contributed by atoms with E-state index in [2.05, 4.69) is 11.9 Å². The molecule has 0 aliphatic carbocycles. The second-order valence-electron chi connectivity index (χ2n) is 5.50. The molecule has 2 amide bonds. The van der Waals surface area contributed by atoms with Crippen LogP contribution in [0.15, 0.2) is 30.9 Å². The second kappa shape index (κ2) is 7.11. The topological polar surface area (TPSA) is 58.6 Å². The number of benzene rings is 1. The molecule has 0 aromatic heterocycles. The first-order chi connectivity index (χ1) is 10.5. The maximum atomic E-state index is 12.4. The maximum Gasteiger partial charge on any atom is 0.245 e. The molecule has 5 nitrogen and oxygen atoms in total. The number of amides is 2. The lowest BCUT2D eigenvalue weighted by Crippen LogP contribution is -2.40. The number of aryl methyl sites for hydroxylation is 1. The molecular formula is C17H22N2O3. The highest BCUT2D eigenvalue weighted by Gasteiger charge is 2.26. The van der Waals surface area contributed by atoms with E-state index in [-0.39, 0.29) is 17.7 Å². The van der Waals surface area contributed by atoms with Gasteiger partial charge in [0.05, 0.1) is 12.8 Å². The number of ether oxygens (including phenoxy) is 1. The van der Waals surface area contributed by atoms with Crippen molar-refractivity contribution >= 4 is 17.5 Å². The standard InChI is InChI=1S/C17H22N2O3/c1-4-16(20)19-9-7-13(8-10-19)17(21)18-14-6-5-12(2)11-15(14)22-3/h4-6,11,13H,1,7-10H2,2-3H3,(H,18,21). The number of likely N-dealkylation sites (tertiary alicyclic amines) is 1. The Kier molecular flexibility index (Phi) is 5.20. The largest absolute Gasteiger partial charge is 0.495 e. The minimum absolute atomic E-state index is 0.0205. The third kappa shape index (κ3) is 3.67. The van der Waals surface area contributed by atoms with Crippen molar-refractivity contribution in [2.75, 3.05) is 25.5 Å². The monoisotopic (exact) mass is 302 g/mol. The van der Waals surface area contributed by atoms with E-state index >= 15 is 0 Å². The Morgan fingerprint density at radius 2 is 2.05 bits per heavy atom. The lowest BCUT2D eigenvalue weighted by molar-refractivity contribution is -0.130. The van der Waals surface area contributed by atoms with E-state index in [9.17, 15) is 9.59 Å². The lowest BCUT2D eigenvalue weighted by Gasteiger charge is -2.30. The summed E-state index contributed by atoms with van der Waals surface area (Å²) in [7, 11) is 1.59. The Morgan fingerprint density at radius 3 is 2.64 bits per heavy atom. The van der Waals surface area contributed by atoms with Crippen molar-refractivity contribution in [1.29, 1.82) is 0 Å². The van der Waals surface area contributed by atoms with Crippen molar-refractivity contribution in [3.63, 3.8) is 0 Å². The molecule has 0 bridgehead atoms. The molecule has 0 radical (unpaired) electrons. The molecule has 0 saturated carbocycles. The highest BCUT2D eigenvalue weighted by atomic mass is 16.5. The van der Waals surface area contributed by atoms with E-state index in [0.29, 0.717) is 37.4 Å². The van der Waals surface area contributed by atoms with Gasteiger partial charge in [0.25, 0.3) is 0 Å². The normalized spacial score (nSPS) is 15.3. The second-order valence-corrected chi connectivity index (χ2v) is 5.50. The molecule has 2 rings (SSSR count). The number of hydrogen-bond acceptors (Lipinski definition) is 3. The molecule has 1 aromatic rings. The summed E-state index contributed by atoms with van der Waals surface area (Å²) >= 11 is 0. The summed E-state index contributed by atoms with van der Waals surface area (Å²) in [5, 5.41) is 2.93. The molecule has 5 heteroatoms. The van der Waals surface area contributed by atoms with Gasteiger partial charge in [0.15, 0.2) is 0 Å². The van der Waals surface area contributed by atoms with Crippen LogP contribution in [-0.2, 0) is 9.59 Å². The van der Waals surface area contributed by atoms with E-state index in [4.69, 9.17) is 4.74 Å². The molecule has 118 valence electrons. The fourth-order valence-corrected chi connectivity index (χ4v) is 2.63. The van der Waals surface area contributed by atoms with Crippen LogP contribution in [0.4, 0.5) is 5.69 Å². The molecule has 0 unspecified atom stereocenters. The zero-order valence-corrected chi connectivity index (χ0v) is 13.1. The molecule has 1 saturated heterocycles. The molecule has 22 heavy (non-hydrogen) atoms. The maximum absolute atomic E-state index is 12.4. The van der Waals surface area contributed by atoms with Crippen molar-refractivity contribution in [2.45, 2.75) is 19.8 Å². The van der Waals surface area contributed by atoms with Crippen molar-refractivity contribution in [1.82, 2.24) is 4.90 Å². The predicted molar refractivity (Wildman–Crippen MR) is 85.9 cm³/mol. The Bertz CT molecular complexity index is 575. The minimum Gasteiger partial charge on any atom is -0.495 e. The van der Waals surface area contributed by atoms with Gasteiger partial charge in [-0.3, -0.25) is 9.59 Å². The van der Waals surface area contributed by atoms with Gasteiger partial charge >= 0.3 is 0 Å². The Morgan fingerprint density at radius 1 is 1.36 bits per heavy atom. The van der Waals surface area contributed by atoms with Crippen LogP contribution < -0.4 is 10.1 Å². The fraction of sp³-hybridized carbons (Fsp3) is 0.412. The van der Waals surface area contributed by atoms with Gasteiger partial charge in [-0.25, -0.2) is 0 Å². The number of nitrogens with one attached hydrogen (secondary N) is 1. The summed E-state index contributed by atoms with van der Waals surface area (Å²) in [5.41, 5.74) is 1.76. The summed E-state index contributed by atoms with van der Waals surface area (Å²) in [4.78, 5) is 25.6. The quantitative estimate of drug-likeness (QED) is 0.869. The average molecular weight is 302 g/mol. The lowest BCUT2D eigenvalue weighted by atomic mass is 9.95. The SMILES string of the molecule is C=CC(=O)N1CCC(C(=O)Nc2ccc(C)cc2OC)CC1. The van der Waals surface area contributed by atoms with Crippen LogP contribution in [0.3, 0.4) is 0 Å². The summed E-state index contributed by atoms with van der Waals surface area (Å²) < 4.78 is 5.30. The Hall–Kier alpha value is -2.30. The number of carbonyl (C=O) groups excluding carboxylic acids is 2. The highest BCUT2D eigenvalue weighted by Crippen LogP contribution is 2.27. The molecule has 1 fully saturated rings. The molecule has 1 N–H and O–H groups in total. The Balaban J connectivity index is 1.96. The van der Waals surface area contributed by atoms with E-state index < -0.39 is 0 Å². The van der Waals surface area contributed by atoms with Gasteiger partial charge in [0, 0.05) is 19.0 Å². The van der Waals surface area contributed by atoms with Crippen molar-refractivity contribution in [2.24, 2.45) is 5.92 Å². The molecule has 1 aliphatic heterocycles. The van der Waals surface area contributed by atoms with E-state index in [1.165, 1.54) is 6.08 Å². The molecule has 1 aliphatic rings. The van der Waals surface area contributed by atoms with Gasteiger partial charge in [-0.2, -0.15) is 0 Å². The molecular weight excluding hydrogens is 280 g/mol. The van der Waals surface area contributed by atoms with Crippen molar-refractivity contribution in [3.05, 3.63) is 36.4 Å². The van der Waals surface area contributed by atoms with Crippen molar-refractivity contribution < 1.29 is 14.3 Å². The van der Waals surface area contributed by atoms with E-state index in [0.717, 1.165) is 5.56 Å². The van der Waals surface area contributed by atoms with Crippen LogP contribution in [0.25, 0.3) is 0 Å². The van der Waals surface area contributed by atoms with Gasteiger partial charge < -0.3 is 15.0 Å². The summed E-state index contributed by atoms with van der Waals surface area (Å²) in [6, 6.07) is 5.67. The number of carbonyl (C=O) groups is 2. The predicted octanol–water partition coefficient (Wildman–Crippen LogP) is 2.37. The number of anilines is 1. The van der Waals surface area contributed by atoms with Crippen LogP contribution in [0, 0.1) is 12.8 Å². The highest BCUT2D eigenvalue weighted by molar-refractivity contribution is 5.94. The van der Waals surface area contributed by atoms with Crippen molar-refractivity contribution in [3.8, 4) is 5.75 Å². The number of hydrogen-bond donors (Lipinski definition) is 1. The van der Waals surface area contributed by atoms with E-state index in [1.54, 1.807) is 12.0 Å². The van der Waals surface area contributed by atoms with Gasteiger partial charge in [0.2, 0.25) is 11.8 Å². The van der Waals surface area contributed by atoms with Crippen LogP contribution in [0.2, 0.25) is 0 Å². The summed E-state index contributed by atoms with van der Waals surface area (Å²) in [5.74, 6) is 0.486. The summed E-state index contributed by atoms with van der Waals surface area (Å²) in [6.07, 6.45) is 2.65. The van der Waals surface area contributed by atoms with Crippen LogP contribution >= 0.6 is 0 Å². The molecule has 0 spiro atoms. The first-order valence-electron chi connectivity index (χ1n) is 7.42. The first kappa shape index (κ1) is 16.1. The van der Waals surface area contributed by atoms with E-state index in [1.807, 2.05) is 25.1 Å². The average Bonchev–Trinajstić information content (AvgIpc) is 2.55. The third-order valence-electron chi connectivity index (χ3n) is 3.97. The van der Waals surface area contributed by atoms with Gasteiger partial charge in [0.1, 0.15) is 5.75 Å². The molecule has 1 aromatic carbocycles. The third-order valence-corrected chi connectivity index (χ3v) is 3.97. The summed E-state index contributed by atoms with van der Waals surface area (Å²) in [6.45, 7) is 6.64. The molecule has 0 atom stereocenters. The zero-order valence-electron chi connectivity index (χ0n) is 13.1. The van der Waals surface area contributed by atoms with Gasteiger partial charge in [-0.1, -0.05) is 12.6 Å². The molecule has 1 heterocycles. The van der Waals surface area contributed by atoms with Gasteiger partial charge in [-0.15, -0.1) is 0 Å². The smallest absolute Gasteiger partial charge is 0.245 e. The van der Waals surface area contributed by atoms with Gasteiger partial charge in [-0.05, 0) is 43.5 Å². The first-order valence-corrected chi connectivity index (χ1v) is 7.42. The van der Waals surface area contributed by atoms with Crippen LogP contribution in [-0.4, -0.2) is 36.9 Å². The number of nitrogens with zero attached hydrogens (tertiary/aromatic N) is 1. The number of methoxy groups -OCH3 is 1. The fourth-order valence-electron chi connectivity index (χ4n) is 2.63. The zero-order chi connectivity index (χ0) is 16.1. The van der Waals surface area contributed by atoms with Crippen LogP contribution in [0.1, 0.15) is 18.4 Å². The Labute approximate surface area is 130 Å². The number of piperidine rings is 1.